The van der Waals surface area contributed by atoms with Crippen LogP contribution in [0.4, 0.5) is 5.95 Å². The molecule has 8 nitrogen and oxygen atoms in total. The maximum absolute atomic E-state index is 5.64. The average Bonchev–Trinajstić information content (AvgIpc) is 3.21. The van der Waals surface area contributed by atoms with Crippen LogP contribution in [0.25, 0.3) is 0 Å². The molecular weight excluding hydrogens is 346 g/mol. The molecule has 1 aromatic heterocycles. The summed E-state index contributed by atoms with van der Waals surface area (Å²) < 4.78 is 18.3. The van der Waals surface area contributed by atoms with E-state index in [2.05, 4.69) is 26.9 Å². The van der Waals surface area contributed by atoms with Gasteiger partial charge in [0, 0.05) is 5.56 Å². The highest BCUT2D eigenvalue weighted by atomic mass is 16.5. The Morgan fingerprint density at radius 3 is 2.67 bits per heavy atom. The molecule has 0 unspecified atom stereocenters. The number of methoxy groups -OCH3 is 3. The third-order valence-electron chi connectivity index (χ3n) is 4.84. The summed E-state index contributed by atoms with van der Waals surface area (Å²) in [7, 11) is 4.94. The minimum absolute atomic E-state index is 0.0273. The van der Waals surface area contributed by atoms with Crippen LogP contribution in [0.2, 0.25) is 0 Å². The minimum Gasteiger partial charge on any atom is -0.497 e. The van der Waals surface area contributed by atoms with Crippen molar-refractivity contribution in [3.63, 3.8) is 0 Å². The van der Waals surface area contributed by atoms with E-state index in [1.165, 1.54) is 0 Å². The van der Waals surface area contributed by atoms with Gasteiger partial charge in [-0.15, -0.1) is 0 Å². The van der Waals surface area contributed by atoms with Gasteiger partial charge in [-0.25, -0.2) is 4.68 Å². The molecule has 1 aliphatic rings. The fourth-order valence-corrected chi connectivity index (χ4v) is 3.55. The molecule has 8 heteroatoms. The van der Waals surface area contributed by atoms with Gasteiger partial charge in [-0.2, -0.15) is 0 Å². The summed E-state index contributed by atoms with van der Waals surface area (Å²) in [6.45, 7) is 0. The summed E-state index contributed by atoms with van der Waals surface area (Å²) in [5, 5.41) is 15.6. The number of tetrazole rings is 1. The van der Waals surface area contributed by atoms with Crippen molar-refractivity contribution < 1.29 is 14.2 Å². The summed E-state index contributed by atoms with van der Waals surface area (Å²) in [5.41, 5.74) is 2.08. The summed E-state index contributed by atoms with van der Waals surface area (Å²) >= 11 is 0. The molecule has 140 valence electrons. The minimum atomic E-state index is -0.0995. The van der Waals surface area contributed by atoms with Gasteiger partial charge < -0.3 is 19.5 Å². The number of anilines is 1. The lowest BCUT2D eigenvalue weighted by Crippen LogP contribution is -2.28. The van der Waals surface area contributed by atoms with Crippen molar-refractivity contribution >= 4 is 5.95 Å². The van der Waals surface area contributed by atoms with Gasteiger partial charge in [0.2, 0.25) is 5.95 Å². The Labute approximate surface area is 157 Å². The van der Waals surface area contributed by atoms with Crippen LogP contribution in [0, 0.1) is 0 Å². The Morgan fingerprint density at radius 2 is 1.89 bits per heavy atom. The van der Waals surface area contributed by atoms with Crippen LogP contribution in [0.1, 0.15) is 29.6 Å². The summed E-state index contributed by atoms with van der Waals surface area (Å²) in [4.78, 5) is 0. The van der Waals surface area contributed by atoms with E-state index in [9.17, 15) is 0 Å². The number of rotatable bonds is 5. The third-order valence-corrected chi connectivity index (χ3v) is 4.84. The second-order valence-corrected chi connectivity index (χ2v) is 6.25. The molecule has 0 aliphatic carbocycles. The molecule has 0 amide bonds. The highest BCUT2D eigenvalue weighted by Crippen LogP contribution is 2.43. The van der Waals surface area contributed by atoms with Crippen LogP contribution in [-0.4, -0.2) is 41.5 Å². The van der Waals surface area contributed by atoms with Gasteiger partial charge in [-0.3, -0.25) is 0 Å². The van der Waals surface area contributed by atoms with Crippen molar-refractivity contribution in [2.45, 2.75) is 18.5 Å². The molecule has 0 bridgehead atoms. The largest absolute Gasteiger partial charge is 0.497 e. The van der Waals surface area contributed by atoms with E-state index in [-0.39, 0.29) is 12.1 Å². The second kappa shape index (κ2) is 7.14. The molecule has 27 heavy (non-hydrogen) atoms. The Morgan fingerprint density at radius 1 is 1.04 bits per heavy atom. The topological polar surface area (TPSA) is 83.3 Å². The highest BCUT2D eigenvalue weighted by Gasteiger charge is 2.33. The van der Waals surface area contributed by atoms with Gasteiger partial charge in [0.05, 0.1) is 33.4 Å². The smallest absolute Gasteiger partial charge is 0.243 e. The number of fused-ring (bicyclic) bond motifs is 1. The standard InChI is InChI=1S/C19H21N5O3/c1-25-13-7-4-6-12(10-13)15-11-16(24-19(20-15)21-22-23-24)14-8-5-9-17(26-2)18(14)27-3/h4-10,15-16H,11H2,1-3H3,(H,20,21,23)/t15-,16+/m0/s1. The number of benzene rings is 2. The zero-order chi connectivity index (χ0) is 18.8. The van der Waals surface area contributed by atoms with Crippen molar-refractivity contribution in [1.29, 1.82) is 0 Å². The van der Waals surface area contributed by atoms with Crippen molar-refractivity contribution in [3.05, 3.63) is 53.6 Å². The second-order valence-electron chi connectivity index (χ2n) is 6.25. The maximum atomic E-state index is 5.64. The fraction of sp³-hybridized carbons (Fsp3) is 0.316. The number of hydrogen-bond acceptors (Lipinski definition) is 7. The van der Waals surface area contributed by atoms with Crippen molar-refractivity contribution in [2.24, 2.45) is 0 Å². The van der Waals surface area contributed by atoms with E-state index in [0.29, 0.717) is 17.4 Å². The molecule has 0 saturated carbocycles. The van der Waals surface area contributed by atoms with Crippen LogP contribution >= 0.6 is 0 Å². The average molecular weight is 367 g/mol. The van der Waals surface area contributed by atoms with Crippen LogP contribution in [-0.2, 0) is 0 Å². The first kappa shape index (κ1) is 17.1. The lowest BCUT2D eigenvalue weighted by molar-refractivity contribution is 0.339. The lowest BCUT2D eigenvalue weighted by Gasteiger charge is -2.32. The molecule has 2 aromatic carbocycles. The van der Waals surface area contributed by atoms with Gasteiger partial charge in [0.15, 0.2) is 11.5 Å². The summed E-state index contributed by atoms with van der Waals surface area (Å²) in [5.74, 6) is 2.80. The van der Waals surface area contributed by atoms with Gasteiger partial charge in [-0.05, 0) is 40.6 Å². The quantitative estimate of drug-likeness (QED) is 0.742. The zero-order valence-corrected chi connectivity index (χ0v) is 15.4. The van der Waals surface area contributed by atoms with Gasteiger partial charge >= 0.3 is 0 Å². The number of aromatic nitrogens is 4. The van der Waals surface area contributed by atoms with E-state index in [0.717, 1.165) is 23.3 Å². The highest BCUT2D eigenvalue weighted by molar-refractivity contribution is 5.50. The molecular formula is C19H21N5O3. The van der Waals surface area contributed by atoms with Crippen molar-refractivity contribution in [3.8, 4) is 17.2 Å². The van der Waals surface area contributed by atoms with Gasteiger partial charge in [0.25, 0.3) is 0 Å². The first-order valence-corrected chi connectivity index (χ1v) is 8.64. The van der Waals surface area contributed by atoms with Crippen molar-refractivity contribution in [2.75, 3.05) is 26.6 Å². The molecule has 0 fully saturated rings. The first-order valence-electron chi connectivity index (χ1n) is 8.64. The molecule has 2 heterocycles. The summed E-state index contributed by atoms with van der Waals surface area (Å²) in [6.07, 6.45) is 0.745. The molecule has 0 saturated heterocycles. The molecule has 1 N–H and O–H groups in total. The molecule has 3 aromatic rings. The Bertz CT molecular complexity index is 943. The van der Waals surface area contributed by atoms with E-state index in [4.69, 9.17) is 14.2 Å². The van der Waals surface area contributed by atoms with Gasteiger partial charge in [-0.1, -0.05) is 29.4 Å². The fourth-order valence-electron chi connectivity index (χ4n) is 3.55. The zero-order valence-electron chi connectivity index (χ0n) is 15.4. The maximum Gasteiger partial charge on any atom is 0.243 e. The van der Waals surface area contributed by atoms with Crippen LogP contribution in [0.5, 0.6) is 17.2 Å². The molecule has 2 atom stereocenters. The lowest BCUT2D eigenvalue weighted by atomic mass is 9.92. The predicted molar refractivity (Wildman–Crippen MR) is 99.5 cm³/mol. The molecule has 0 spiro atoms. The predicted octanol–water partition coefficient (Wildman–Crippen LogP) is 2.85. The van der Waals surface area contributed by atoms with E-state index in [1.54, 1.807) is 26.0 Å². The molecule has 1 aliphatic heterocycles. The molecule has 4 rings (SSSR count). The number of ether oxygens (including phenoxy) is 3. The SMILES string of the molecule is COc1cccc([C@@H]2C[C@H](c3cccc(OC)c3OC)n3nnnc3N2)c1. The third kappa shape index (κ3) is 3.03. The van der Waals surface area contributed by atoms with Crippen molar-refractivity contribution in [1.82, 2.24) is 20.2 Å². The normalized spacial score (nSPS) is 18.3. The molecule has 0 radical (unpaired) electrons. The van der Waals surface area contributed by atoms with E-state index >= 15 is 0 Å². The number of hydrogen-bond donors (Lipinski definition) is 1. The Balaban J connectivity index is 1.77. The van der Waals surface area contributed by atoms with Crippen LogP contribution in [0.3, 0.4) is 0 Å². The first-order chi connectivity index (χ1) is 13.2. The van der Waals surface area contributed by atoms with Gasteiger partial charge in [0.1, 0.15) is 5.75 Å². The monoisotopic (exact) mass is 367 g/mol. The van der Waals surface area contributed by atoms with Crippen LogP contribution < -0.4 is 19.5 Å². The number of nitrogens with zero attached hydrogens (tertiary/aromatic N) is 4. The summed E-state index contributed by atoms with van der Waals surface area (Å²) in [6, 6.07) is 13.8. The van der Waals surface area contributed by atoms with E-state index in [1.807, 2.05) is 36.4 Å². The van der Waals surface area contributed by atoms with Crippen LogP contribution in [0.15, 0.2) is 42.5 Å². The number of para-hydroxylation sites is 1. The Kier molecular flexibility index (Phi) is 4.53. The number of nitrogens with one attached hydrogen (secondary N) is 1. The van der Waals surface area contributed by atoms with E-state index < -0.39 is 0 Å². The Hall–Kier alpha value is -3.29.